The van der Waals surface area contributed by atoms with Crippen molar-refractivity contribution in [3.8, 4) is 0 Å². The summed E-state index contributed by atoms with van der Waals surface area (Å²) in [6.07, 6.45) is 2.60. The second-order valence-corrected chi connectivity index (χ2v) is 9.69. The summed E-state index contributed by atoms with van der Waals surface area (Å²) in [4.78, 5) is 34.4. The molecule has 0 spiro atoms. The van der Waals surface area contributed by atoms with E-state index in [4.69, 9.17) is 0 Å². The van der Waals surface area contributed by atoms with Gasteiger partial charge < -0.3 is 9.88 Å². The summed E-state index contributed by atoms with van der Waals surface area (Å²) >= 11 is 0. The van der Waals surface area contributed by atoms with E-state index in [0.29, 0.717) is 49.6 Å². The Labute approximate surface area is 169 Å². The quantitative estimate of drug-likeness (QED) is 0.788. The number of carbonyl (C=O) groups is 1. The zero-order chi connectivity index (χ0) is 20.6. The summed E-state index contributed by atoms with van der Waals surface area (Å²) in [6, 6.07) is 9.61. The number of aromatic nitrogens is 2. The summed E-state index contributed by atoms with van der Waals surface area (Å²) in [5.41, 5.74) is 1.85. The van der Waals surface area contributed by atoms with Crippen LogP contribution in [0.5, 0.6) is 0 Å². The van der Waals surface area contributed by atoms with Crippen molar-refractivity contribution in [3.63, 3.8) is 0 Å². The number of fused-ring (bicyclic) bond motifs is 1. The lowest BCUT2D eigenvalue weighted by Crippen LogP contribution is -2.39. The van der Waals surface area contributed by atoms with Gasteiger partial charge in [-0.2, -0.15) is 4.31 Å². The number of benzene rings is 1. The number of hydrogen-bond acceptors (Lipinski definition) is 5. The van der Waals surface area contributed by atoms with Crippen LogP contribution in [0.25, 0.3) is 0 Å². The molecule has 8 nitrogen and oxygen atoms in total. The fourth-order valence-electron chi connectivity index (χ4n) is 4.00. The highest BCUT2D eigenvalue weighted by Crippen LogP contribution is 2.26. The fraction of sp³-hybridized carbons (Fsp3) is 0.450. The Morgan fingerprint density at radius 3 is 2.72 bits per heavy atom. The maximum atomic E-state index is 12.6. The summed E-state index contributed by atoms with van der Waals surface area (Å²) in [5.74, 6) is 0.544. The first kappa shape index (κ1) is 19.8. The molecule has 0 bridgehead atoms. The zero-order valence-corrected chi connectivity index (χ0v) is 17.1. The molecule has 1 aromatic heterocycles. The van der Waals surface area contributed by atoms with Crippen molar-refractivity contribution in [2.24, 2.45) is 0 Å². The number of aromatic amines is 1. The Balaban J connectivity index is 1.49. The third-order valence-corrected chi connectivity index (χ3v) is 6.90. The van der Waals surface area contributed by atoms with Crippen LogP contribution in [0, 0.1) is 0 Å². The minimum absolute atomic E-state index is 0.0543. The highest BCUT2D eigenvalue weighted by atomic mass is 32.2. The Morgan fingerprint density at radius 1 is 1.24 bits per heavy atom. The summed E-state index contributed by atoms with van der Waals surface area (Å²) in [7, 11) is -3.33. The Kier molecular flexibility index (Phi) is 5.26. The van der Waals surface area contributed by atoms with E-state index in [1.165, 1.54) is 10.6 Å². The Morgan fingerprint density at radius 2 is 2.00 bits per heavy atom. The highest BCUT2D eigenvalue weighted by Gasteiger charge is 2.31. The Bertz CT molecular complexity index is 1080. The van der Waals surface area contributed by atoms with E-state index in [0.717, 1.165) is 12.0 Å². The molecule has 2 aliphatic rings. The lowest BCUT2D eigenvalue weighted by Gasteiger charge is -2.26. The van der Waals surface area contributed by atoms with Gasteiger partial charge in [0.15, 0.2) is 0 Å². The smallest absolute Gasteiger partial charge is 0.254 e. The molecule has 3 heterocycles. The lowest BCUT2D eigenvalue weighted by molar-refractivity contribution is -0.129. The molecule has 154 valence electrons. The monoisotopic (exact) mass is 416 g/mol. The van der Waals surface area contributed by atoms with Crippen molar-refractivity contribution >= 4 is 15.9 Å². The summed E-state index contributed by atoms with van der Waals surface area (Å²) in [6.45, 7) is 1.53. The second kappa shape index (κ2) is 7.72. The molecular formula is C20H24N4O4S. The summed E-state index contributed by atoms with van der Waals surface area (Å²) < 4.78 is 25.1. The minimum Gasteiger partial charge on any atom is -0.342 e. The van der Waals surface area contributed by atoms with E-state index in [2.05, 4.69) is 9.97 Å². The van der Waals surface area contributed by atoms with Gasteiger partial charge in [0.1, 0.15) is 5.82 Å². The molecule has 9 heteroatoms. The molecule has 4 rings (SSSR count). The maximum absolute atomic E-state index is 12.6. The van der Waals surface area contributed by atoms with Gasteiger partial charge in [-0.05, 0) is 18.4 Å². The molecule has 1 fully saturated rings. The van der Waals surface area contributed by atoms with Crippen LogP contribution in [0.15, 0.2) is 35.1 Å². The van der Waals surface area contributed by atoms with Crippen LogP contribution < -0.4 is 5.56 Å². The number of sulfonamides is 1. The first-order valence-electron chi connectivity index (χ1n) is 9.70. The third kappa shape index (κ3) is 4.25. The molecule has 1 amide bonds. The standard InChI is InChI=1S/C20H24N4O4S/c1-29(27,28)24-10-8-16-17(13-24)21-19(22-20(16)26)15-7-9-23(12-15)18(25)11-14-5-3-2-4-6-14/h2-6,15H,7-13H2,1H3,(H,21,22,26). The first-order valence-corrected chi connectivity index (χ1v) is 11.5. The number of amides is 1. The van der Waals surface area contributed by atoms with Crippen molar-refractivity contribution in [3.05, 3.63) is 63.3 Å². The third-order valence-electron chi connectivity index (χ3n) is 5.65. The Hall–Kier alpha value is -2.52. The minimum atomic E-state index is -3.33. The number of hydrogen-bond donors (Lipinski definition) is 1. The normalized spacial score (nSPS) is 19.9. The number of rotatable bonds is 4. The van der Waals surface area contributed by atoms with Crippen LogP contribution in [0.3, 0.4) is 0 Å². The average molecular weight is 417 g/mol. The predicted molar refractivity (Wildman–Crippen MR) is 108 cm³/mol. The zero-order valence-electron chi connectivity index (χ0n) is 16.3. The summed E-state index contributed by atoms with van der Waals surface area (Å²) in [5, 5.41) is 0. The van der Waals surface area contributed by atoms with Crippen LogP contribution in [-0.2, 0) is 34.2 Å². The fourth-order valence-corrected chi connectivity index (χ4v) is 4.78. The molecule has 2 aliphatic heterocycles. The van der Waals surface area contributed by atoms with E-state index in [1.54, 1.807) is 4.90 Å². The average Bonchev–Trinajstić information content (AvgIpc) is 3.18. The maximum Gasteiger partial charge on any atom is 0.254 e. The molecule has 0 aliphatic carbocycles. The van der Waals surface area contributed by atoms with Crippen molar-refractivity contribution in [2.45, 2.75) is 31.7 Å². The first-order chi connectivity index (χ1) is 13.8. The molecule has 1 saturated heterocycles. The van der Waals surface area contributed by atoms with Crippen LogP contribution in [-0.4, -0.2) is 59.4 Å². The molecule has 0 radical (unpaired) electrons. The largest absolute Gasteiger partial charge is 0.342 e. The van der Waals surface area contributed by atoms with Crippen molar-refractivity contribution in [2.75, 3.05) is 25.9 Å². The van der Waals surface area contributed by atoms with Gasteiger partial charge in [-0.1, -0.05) is 30.3 Å². The molecule has 29 heavy (non-hydrogen) atoms. The van der Waals surface area contributed by atoms with Crippen molar-refractivity contribution < 1.29 is 13.2 Å². The lowest BCUT2D eigenvalue weighted by atomic mass is 10.1. The van der Waals surface area contributed by atoms with Crippen LogP contribution >= 0.6 is 0 Å². The van der Waals surface area contributed by atoms with Crippen molar-refractivity contribution in [1.29, 1.82) is 0 Å². The number of likely N-dealkylation sites (tertiary alicyclic amines) is 1. The van der Waals surface area contributed by atoms with Crippen LogP contribution in [0.4, 0.5) is 0 Å². The van der Waals surface area contributed by atoms with E-state index in [1.807, 2.05) is 30.3 Å². The molecule has 1 unspecified atom stereocenters. The van der Waals surface area contributed by atoms with Gasteiger partial charge in [0.25, 0.3) is 5.56 Å². The molecular weight excluding hydrogens is 392 g/mol. The number of nitrogens with zero attached hydrogens (tertiary/aromatic N) is 3. The number of H-pyrrole nitrogens is 1. The molecule has 2 aromatic rings. The topological polar surface area (TPSA) is 103 Å². The van der Waals surface area contributed by atoms with E-state index in [-0.39, 0.29) is 23.9 Å². The van der Waals surface area contributed by atoms with Gasteiger partial charge in [-0.15, -0.1) is 0 Å². The van der Waals surface area contributed by atoms with E-state index in [9.17, 15) is 18.0 Å². The van der Waals surface area contributed by atoms with E-state index < -0.39 is 10.0 Å². The molecule has 1 atom stereocenters. The predicted octanol–water partition coefficient (Wildman–Crippen LogP) is 0.646. The van der Waals surface area contributed by atoms with Gasteiger partial charge in [-0.3, -0.25) is 9.59 Å². The van der Waals surface area contributed by atoms with Gasteiger partial charge in [-0.25, -0.2) is 13.4 Å². The number of carbonyl (C=O) groups excluding carboxylic acids is 1. The van der Waals surface area contributed by atoms with Crippen molar-refractivity contribution in [1.82, 2.24) is 19.2 Å². The van der Waals surface area contributed by atoms with Gasteiger partial charge in [0.05, 0.1) is 24.9 Å². The number of nitrogens with one attached hydrogen (secondary N) is 1. The molecule has 0 saturated carbocycles. The van der Waals surface area contributed by atoms with Gasteiger partial charge >= 0.3 is 0 Å². The van der Waals surface area contributed by atoms with Gasteiger partial charge in [0, 0.05) is 31.1 Å². The van der Waals surface area contributed by atoms with Crippen LogP contribution in [0.1, 0.15) is 35.0 Å². The molecule has 1 aromatic carbocycles. The highest BCUT2D eigenvalue weighted by molar-refractivity contribution is 7.88. The second-order valence-electron chi connectivity index (χ2n) is 7.71. The molecule has 1 N–H and O–H groups in total. The van der Waals surface area contributed by atoms with Gasteiger partial charge in [0.2, 0.25) is 15.9 Å². The van der Waals surface area contributed by atoms with E-state index >= 15 is 0 Å². The SMILES string of the molecule is CS(=O)(=O)N1CCc2c(nc(C3CCN(C(=O)Cc4ccccc4)C3)[nH]c2=O)C1. The van der Waals surface area contributed by atoms with Crippen LogP contribution in [0.2, 0.25) is 0 Å².